The Morgan fingerprint density at radius 3 is 1.78 bits per heavy atom. The molecule has 1 atom stereocenters. The van der Waals surface area contributed by atoms with Crippen LogP contribution >= 0.6 is 0 Å². The van der Waals surface area contributed by atoms with Crippen LogP contribution < -0.4 is 0 Å². The van der Waals surface area contributed by atoms with Crippen LogP contribution in [-0.2, 0) is 0 Å². The zero-order valence-electron chi connectivity index (χ0n) is 24.8. The monoisotopic (exact) mass is 574 g/mol. The molecule has 0 fully saturated rings. The van der Waals surface area contributed by atoms with Gasteiger partial charge in [-0.15, -0.1) is 0 Å². The number of allylic oxidation sites excluding steroid dienone is 2. The van der Waals surface area contributed by atoms with E-state index in [9.17, 15) is 0 Å². The average Bonchev–Trinajstić information content (AvgIpc) is 3.56. The smallest absolute Gasteiger partial charge is 0.141 e. The summed E-state index contributed by atoms with van der Waals surface area (Å²) in [4.78, 5) is 7.54. The van der Waals surface area contributed by atoms with Crippen molar-refractivity contribution in [1.29, 1.82) is 0 Å². The first-order valence-corrected chi connectivity index (χ1v) is 15.6. The van der Waals surface area contributed by atoms with E-state index in [1.165, 1.54) is 71.4 Å². The highest BCUT2D eigenvalue weighted by Gasteiger charge is 2.29. The summed E-state index contributed by atoms with van der Waals surface area (Å²) >= 11 is 0. The molecule has 0 N–H and O–H groups in total. The number of nitrogens with zero attached hydrogens (tertiary/aromatic N) is 2. The molecule has 2 heteroatoms. The van der Waals surface area contributed by atoms with Crippen LogP contribution in [0.1, 0.15) is 11.1 Å². The van der Waals surface area contributed by atoms with Crippen molar-refractivity contribution in [3.8, 4) is 22.3 Å². The minimum atomic E-state index is 0.0365. The van der Waals surface area contributed by atoms with E-state index in [-0.39, 0.29) is 6.17 Å². The summed E-state index contributed by atoms with van der Waals surface area (Å²) in [7, 11) is 0. The fraction of sp³-hybridized carbons (Fsp3) is 0.0465. The van der Waals surface area contributed by atoms with Crippen molar-refractivity contribution >= 4 is 43.7 Å². The van der Waals surface area contributed by atoms with Crippen LogP contribution in [0.4, 0.5) is 0 Å². The number of aliphatic imine (C=N–C) groups is 1. The van der Waals surface area contributed by atoms with Gasteiger partial charge in [0, 0.05) is 5.70 Å². The Kier molecular flexibility index (Phi) is 5.99. The zero-order valence-corrected chi connectivity index (χ0v) is 24.8. The Morgan fingerprint density at radius 2 is 1.07 bits per heavy atom. The molecule has 1 unspecified atom stereocenters. The van der Waals surface area contributed by atoms with Crippen molar-refractivity contribution in [3.63, 3.8) is 0 Å². The van der Waals surface area contributed by atoms with Gasteiger partial charge in [0.25, 0.3) is 0 Å². The van der Waals surface area contributed by atoms with Crippen molar-refractivity contribution < 1.29 is 0 Å². The largest absolute Gasteiger partial charge is 0.340 e. The molecule has 0 saturated heterocycles. The molecule has 2 aliphatic heterocycles. The molecule has 7 aromatic rings. The predicted octanol–water partition coefficient (Wildman–Crippen LogP) is 10.5. The molecular weight excluding hydrogens is 544 g/mol. The quantitative estimate of drug-likeness (QED) is 0.191. The summed E-state index contributed by atoms with van der Waals surface area (Å²) in [5, 5.41) is 7.62. The third kappa shape index (κ3) is 4.22. The molecule has 212 valence electrons. The molecule has 45 heavy (non-hydrogen) atoms. The molecule has 0 bridgehead atoms. The van der Waals surface area contributed by atoms with E-state index in [1.807, 2.05) is 0 Å². The fourth-order valence-electron chi connectivity index (χ4n) is 7.28. The molecule has 0 saturated carbocycles. The highest BCUT2D eigenvalue weighted by atomic mass is 15.3. The van der Waals surface area contributed by atoms with Gasteiger partial charge < -0.3 is 4.90 Å². The summed E-state index contributed by atoms with van der Waals surface area (Å²) in [6.45, 7) is 0.792. The van der Waals surface area contributed by atoms with Gasteiger partial charge in [-0.3, -0.25) is 4.99 Å². The van der Waals surface area contributed by atoms with Crippen LogP contribution in [0.15, 0.2) is 169 Å². The van der Waals surface area contributed by atoms with Crippen molar-refractivity contribution in [3.05, 3.63) is 175 Å². The summed E-state index contributed by atoms with van der Waals surface area (Å²) in [5.74, 6) is 0. The standard InChI is InChI=1S/C43H30N2/c1-2-13-31(14-3-1)40-22-11-23-41-44-39(28-45(40)41)30-24-26-32(27-25-30)42-35-17-6-8-19-37(35)43(38-20-9-7-18-36(38)42)34-21-10-15-29-12-4-5-16-33(29)34/h1-27,41H,28H2. The molecule has 0 spiro atoms. The minimum Gasteiger partial charge on any atom is -0.340 e. The van der Waals surface area contributed by atoms with Gasteiger partial charge in [-0.25, -0.2) is 0 Å². The second-order valence-corrected chi connectivity index (χ2v) is 11.9. The lowest BCUT2D eigenvalue weighted by Gasteiger charge is -2.28. The SMILES string of the molecule is C1=CC2N=C(c3ccc(-c4c5ccccc5c(-c5cccc6ccccc56)c5ccccc45)cc3)CN2C(c2ccccc2)=C1. The second kappa shape index (κ2) is 10.5. The maximum Gasteiger partial charge on any atom is 0.141 e. The maximum atomic E-state index is 5.14. The van der Waals surface area contributed by atoms with Gasteiger partial charge in [0.15, 0.2) is 0 Å². The van der Waals surface area contributed by atoms with Gasteiger partial charge in [-0.1, -0.05) is 152 Å². The van der Waals surface area contributed by atoms with Crippen LogP contribution in [0.3, 0.4) is 0 Å². The van der Waals surface area contributed by atoms with Crippen LogP contribution in [0, 0.1) is 0 Å². The third-order valence-electron chi connectivity index (χ3n) is 9.34. The normalized spacial score (nSPS) is 15.8. The maximum absolute atomic E-state index is 5.14. The Bertz CT molecular complexity index is 2280. The van der Waals surface area contributed by atoms with Crippen LogP contribution in [0.25, 0.3) is 60.3 Å². The Labute approximate surface area is 262 Å². The summed E-state index contributed by atoms with van der Waals surface area (Å²) < 4.78 is 0. The van der Waals surface area contributed by atoms with E-state index in [0.717, 1.165) is 12.3 Å². The van der Waals surface area contributed by atoms with Crippen molar-refractivity contribution in [2.24, 2.45) is 4.99 Å². The molecule has 0 aromatic heterocycles. The molecule has 9 rings (SSSR count). The molecular formula is C43H30N2. The minimum absolute atomic E-state index is 0.0365. The molecule has 7 aromatic carbocycles. The molecule has 0 radical (unpaired) electrons. The van der Waals surface area contributed by atoms with Crippen molar-refractivity contribution in [1.82, 2.24) is 4.90 Å². The molecule has 2 nitrogen and oxygen atoms in total. The highest BCUT2D eigenvalue weighted by Crippen LogP contribution is 2.45. The number of benzene rings is 7. The Hall–Kier alpha value is -5.73. The zero-order chi connectivity index (χ0) is 29.7. The summed E-state index contributed by atoms with van der Waals surface area (Å²) in [6.07, 6.45) is 6.56. The fourth-order valence-corrected chi connectivity index (χ4v) is 7.28. The van der Waals surface area contributed by atoms with Crippen LogP contribution in [-0.4, -0.2) is 23.3 Å². The Morgan fingerprint density at radius 1 is 0.489 bits per heavy atom. The average molecular weight is 575 g/mol. The first kappa shape index (κ1) is 25.7. The van der Waals surface area contributed by atoms with Gasteiger partial charge in [0.2, 0.25) is 0 Å². The third-order valence-corrected chi connectivity index (χ3v) is 9.34. The number of fused-ring (bicyclic) bond motifs is 4. The summed E-state index contributed by atoms with van der Waals surface area (Å²) in [6, 6.07) is 52.8. The van der Waals surface area contributed by atoms with Crippen LogP contribution in [0.5, 0.6) is 0 Å². The highest BCUT2D eigenvalue weighted by molar-refractivity contribution is 6.23. The molecule has 2 aliphatic rings. The second-order valence-electron chi connectivity index (χ2n) is 11.9. The van der Waals surface area contributed by atoms with E-state index in [1.54, 1.807) is 0 Å². The topological polar surface area (TPSA) is 15.6 Å². The van der Waals surface area contributed by atoms with E-state index in [2.05, 4.69) is 169 Å². The first-order chi connectivity index (χ1) is 22.3. The number of hydrogen-bond acceptors (Lipinski definition) is 2. The van der Waals surface area contributed by atoms with Crippen molar-refractivity contribution in [2.75, 3.05) is 6.54 Å². The lowest BCUT2D eigenvalue weighted by molar-refractivity contribution is 0.416. The summed E-state index contributed by atoms with van der Waals surface area (Å²) in [5.41, 5.74) is 9.82. The predicted molar refractivity (Wildman–Crippen MR) is 190 cm³/mol. The van der Waals surface area contributed by atoms with Crippen LogP contribution in [0.2, 0.25) is 0 Å². The Balaban J connectivity index is 1.15. The van der Waals surface area contributed by atoms with E-state index in [0.29, 0.717) is 0 Å². The molecule has 2 heterocycles. The van der Waals surface area contributed by atoms with Crippen molar-refractivity contribution in [2.45, 2.75) is 6.17 Å². The number of rotatable bonds is 4. The molecule has 0 amide bonds. The van der Waals surface area contributed by atoms with Gasteiger partial charge in [-0.2, -0.15) is 0 Å². The lowest BCUT2D eigenvalue weighted by atomic mass is 9.84. The van der Waals surface area contributed by atoms with E-state index < -0.39 is 0 Å². The van der Waals surface area contributed by atoms with Gasteiger partial charge in [0.05, 0.1) is 12.3 Å². The molecule has 0 aliphatic carbocycles. The van der Waals surface area contributed by atoms with Gasteiger partial charge in [-0.05, 0) is 77.9 Å². The van der Waals surface area contributed by atoms with E-state index in [4.69, 9.17) is 4.99 Å². The first-order valence-electron chi connectivity index (χ1n) is 15.6. The van der Waals surface area contributed by atoms with E-state index >= 15 is 0 Å². The number of hydrogen-bond donors (Lipinski definition) is 0. The lowest BCUT2D eigenvalue weighted by Crippen LogP contribution is -2.30. The van der Waals surface area contributed by atoms with Gasteiger partial charge in [0.1, 0.15) is 6.17 Å². The van der Waals surface area contributed by atoms with Gasteiger partial charge >= 0.3 is 0 Å².